The van der Waals surface area contributed by atoms with Gasteiger partial charge in [-0.15, -0.1) is 0 Å². The fourth-order valence-corrected chi connectivity index (χ4v) is 5.57. The van der Waals surface area contributed by atoms with Gasteiger partial charge in [0.05, 0.1) is 17.2 Å². The van der Waals surface area contributed by atoms with Gasteiger partial charge in [-0.3, -0.25) is 13.9 Å². The number of rotatable bonds is 13. The summed E-state index contributed by atoms with van der Waals surface area (Å²) < 4.78 is 34.7. The number of hydrogen-bond donors (Lipinski definition) is 1. The van der Waals surface area contributed by atoms with Crippen LogP contribution >= 0.6 is 11.6 Å². The molecule has 214 valence electrons. The van der Waals surface area contributed by atoms with Gasteiger partial charge in [0.15, 0.2) is 0 Å². The maximum Gasteiger partial charge on any atom is 0.264 e. The van der Waals surface area contributed by atoms with E-state index in [0.29, 0.717) is 17.4 Å². The highest BCUT2D eigenvalue weighted by Crippen LogP contribution is 2.33. The van der Waals surface area contributed by atoms with E-state index in [-0.39, 0.29) is 29.1 Å². The zero-order chi connectivity index (χ0) is 29.3. The molecular weight excluding hydrogens is 550 g/mol. The molecule has 0 saturated carbocycles. The second-order valence-electron chi connectivity index (χ2n) is 9.37. The minimum absolute atomic E-state index is 0.0341. The van der Waals surface area contributed by atoms with Crippen molar-refractivity contribution in [1.82, 2.24) is 10.2 Å². The number of benzene rings is 3. The van der Waals surface area contributed by atoms with Gasteiger partial charge in [-0.2, -0.15) is 0 Å². The van der Waals surface area contributed by atoms with Crippen LogP contribution in [0.1, 0.15) is 39.7 Å². The minimum Gasteiger partial charge on any atom is -0.492 e. The Labute approximate surface area is 241 Å². The Morgan fingerprint density at radius 3 is 2.17 bits per heavy atom. The molecule has 2 unspecified atom stereocenters. The van der Waals surface area contributed by atoms with Gasteiger partial charge < -0.3 is 15.0 Å². The molecule has 2 amide bonds. The number of amides is 2. The Kier molecular flexibility index (Phi) is 11.0. The van der Waals surface area contributed by atoms with E-state index in [0.717, 1.165) is 16.3 Å². The molecular formula is C30H36ClN3O5S. The number of halogens is 1. The lowest BCUT2D eigenvalue weighted by Gasteiger charge is -2.32. The first-order valence-electron chi connectivity index (χ1n) is 13.2. The van der Waals surface area contributed by atoms with Gasteiger partial charge in [0.1, 0.15) is 18.3 Å². The van der Waals surface area contributed by atoms with Gasteiger partial charge in [0, 0.05) is 17.6 Å². The van der Waals surface area contributed by atoms with E-state index in [1.807, 2.05) is 44.2 Å². The van der Waals surface area contributed by atoms with Crippen LogP contribution in [-0.2, 0) is 26.2 Å². The van der Waals surface area contributed by atoms with Crippen LogP contribution in [0, 0.1) is 0 Å². The minimum atomic E-state index is -4.24. The number of carbonyl (C=O) groups excluding carboxylic acids is 2. The molecule has 3 aromatic carbocycles. The van der Waals surface area contributed by atoms with Crippen molar-refractivity contribution < 1.29 is 22.7 Å². The topological polar surface area (TPSA) is 96.0 Å². The van der Waals surface area contributed by atoms with E-state index in [9.17, 15) is 18.0 Å². The van der Waals surface area contributed by atoms with Crippen molar-refractivity contribution >= 4 is 39.1 Å². The van der Waals surface area contributed by atoms with Crippen LogP contribution < -0.4 is 14.4 Å². The smallest absolute Gasteiger partial charge is 0.264 e. The Morgan fingerprint density at radius 2 is 1.55 bits per heavy atom. The third-order valence-electron chi connectivity index (χ3n) is 6.48. The number of carbonyl (C=O) groups is 2. The Hall–Kier alpha value is -3.56. The predicted octanol–water partition coefficient (Wildman–Crippen LogP) is 5.27. The Bertz CT molecular complexity index is 1380. The first kappa shape index (κ1) is 31.0. The van der Waals surface area contributed by atoms with Gasteiger partial charge in [0.2, 0.25) is 11.8 Å². The van der Waals surface area contributed by atoms with Crippen molar-refractivity contribution in [3.8, 4) is 5.75 Å². The normalized spacial score (nSPS) is 12.7. The molecule has 10 heteroatoms. The molecule has 0 spiro atoms. The average molecular weight is 586 g/mol. The summed E-state index contributed by atoms with van der Waals surface area (Å²) in [5, 5.41) is 3.31. The van der Waals surface area contributed by atoms with Crippen LogP contribution in [0.2, 0.25) is 5.02 Å². The average Bonchev–Trinajstić information content (AvgIpc) is 2.95. The third kappa shape index (κ3) is 7.76. The lowest BCUT2D eigenvalue weighted by molar-refractivity contribution is -0.139. The maximum absolute atomic E-state index is 14.0. The van der Waals surface area contributed by atoms with E-state index < -0.39 is 28.5 Å². The van der Waals surface area contributed by atoms with Crippen LogP contribution in [0.4, 0.5) is 5.69 Å². The molecule has 8 nitrogen and oxygen atoms in total. The molecule has 1 N–H and O–H groups in total. The summed E-state index contributed by atoms with van der Waals surface area (Å²) in [5.74, 6) is -0.549. The SMILES string of the molecule is CCOc1ccccc1N(CC(=O)N(Cc1ccccc1)C(C)C(=O)NC(C)CC)S(=O)(=O)c1ccc(Cl)cc1. The maximum atomic E-state index is 14.0. The molecule has 0 aromatic heterocycles. The summed E-state index contributed by atoms with van der Waals surface area (Å²) in [5.41, 5.74) is 1.02. The fraction of sp³-hybridized carbons (Fsp3) is 0.333. The highest BCUT2D eigenvalue weighted by Gasteiger charge is 2.34. The van der Waals surface area contributed by atoms with E-state index >= 15 is 0 Å². The number of ether oxygens (including phenoxy) is 1. The highest BCUT2D eigenvalue weighted by atomic mass is 35.5. The number of hydrogen-bond acceptors (Lipinski definition) is 5. The third-order valence-corrected chi connectivity index (χ3v) is 8.50. The molecule has 0 fully saturated rings. The summed E-state index contributed by atoms with van der Waals surface area (Å²) in [6, 6.07) is 20.7. The van der Waals surface area contributed by atoms with E-state index in [4.69, 9.17) is 16.3 Å². The first-order chi connectivity index (χ1) is 19.1. The second kappa shape index (κ2) is 14.2. The largest absolute Gasteiger partial charge is 0.492 e. The molecule has 0 heterocycles. The van der Waals surface area contributed by atoms with E-state index in [1.54, 1.807) is 38.1 Å². The van der Waals surface area contributed by atoms with Gasteiger partial charge in [-0.05, 0) is 69.2 Å². The van der Waals surface area contributed by atoms with E-state index in [2.05, 4.69) is 5.32 Å². The summed E-state index contributed by atoms with van der Waals surface area (Å²) in [7, 11) is -4.24. The standard InChI is InChI=1S/C30H36ClN3O5S/c1-5-22(3)32-30(36)23(4)33(20-24-12-8-7-9-13-24)29(35)21-34(27-14-10-11-15-28(27)39-6-2)40(37,38)26-18-16-25(31)17-19-26/h7-19,22-23H,5-6,20-21H2,1-4H3,(H,32,36). The lowest BCUT2D eigenvalue weighted by atomic mass is 10.1. The monoisotopic (exact) mass is 585 g/mol. The van der Waals surface area contributed by atoms with Gasteiger partial charge in [-0.25, -0.2) is 8.42 Å². The molecule has 3 rings (SSSR count). The van der Waals surface area contributed by atoms with Crippen molar-refractivity contribution in [3.05, 3.63) is 89.4 Å². The number of nitrogens with zero attached hydrogens (tertiary/aromatic N) is 2. The molecule has 40 heavy (non-hydrogen) atoms. The second-order valence-corrected chi connectivity index (χ2v) is 11.7. The van der Waals surface area contributed by atoms with Crippen LogP contribution in [0.5, 0.6) is 5.75 Å². The molecule has 3 aromatic rings. The predicted molar refractivity (Wildman–Crippen MR) is 158 cm³/mol. The zero-order valence-corrected chi connectivity index (χ0v) is 24.8. The van der Waals surface area contributed by atoms with E-state index in [1.165, 1.54) is 29.2 Å². The zero-order valence-electron chi connectivity index (χ0n) is 23.2. The van der Waals surface area contributed by atoms with Gasteiger partial charge in [-0.1, -0.05) is 61.0 Å². The summed E-state index contributed by atoms with van der Waals surface area (Å²) >= 11 is 6.01. The first-order valence-corrected chi connectivity index (χ1v) is 15.0. The fourth-order valence-electron chi connectivity index (χ4n) is 4.02. The van der Waals surface area contributed by atoms with Gasteiger partial charge >= 0.3 is 0 Å². The van der Waals surface area contributed by atoms with Crippen LogP contribution in [0.15, 0.2) is 83.8 Å². The highest BCUT2D eigenvalue weighted by molar-refractivity contribution is 7.92. The van der Waals surface area contributed by atoms with Crippen molar-refractivity contribution in [1.29, 1.82) is 0 Å². The van der Waals surface area contributed by atoms with Crippen molar-refractivity contribution in [2.24, 2.45) is 0 Å². The molecule has 0 bridgehead atoms. The van der Waals surface area contributed by atoms with Crippen LogP contribution in [0.3, 0.4) is 0 Å². The number of para-hydroxylation sites is 2. The van der Waals surface area contributed by atoms with Gasteiger partial charge in [0.25, 0.3) is 10.0 Å². The number of sulfonamides is 1. The summed E-state index contributed by atoms with van der Waals surface area (Å²) in [6.07, 6.45) is 0.729. The molecule has 0 aliphatic heterocycles. The quantitative estimate of drug-likeness (QED) is 0.295. The van der Waals surface area contributed by atoms with Crippen molar-refractivity contribution in [2.45, 2.75) is 57.6 Å². The molecule has 0 radical (unpaired) electrons. The Balaban J connectivity index is 2.06. The Morgan fingerprint density at radius 1 is 0.925 bits per heavy atom. The summed E-state index contributed by atoms with van der Waals surface area (Å²) in [4.78, 5) is 28.5. The molecule has 0 aliphatic rings. The molecule has 0 saturated heterocycles. The van der Waals surface area contributed by atoms with Crippen molar-refractivity contribution in [2.75, 3.05) is 17.5 Å². The van der Waals surface area contributed by atoms with Crippen LogP contribution in [0.25, 0.3) is 0 Å². The van der Waals surface area contributed by atoms with Crippen LogP contribution in [-0.4, -0.2) is 50.4 Å². The number of anilines is 1. The number of nitrogens with one attached hydrogen (secondary N) is 1. The molecule has 0 aliphatic carbocycles. The molecule has 2 atom stereocenters. The summed E-state index contributed by atoms with van der Waals surface area (Å²) in [6.45, 7) is 7.15. The lowest BCUT2D eigenvalue weighted by Crippen LogP contribution is -2.52. The van der Waals surface area contributed by atoms with Crippen molar-refractivity contribution in [3.63, 3.8) is 0 Å².